The van der Waals surface area contributed by atoms with Crippen LogP contribution in [0.1, 0.15) is 17.5 Å². The van der Waals surface area contributed by atoms with E-state index in [2.05, 4.69) is 21.1 Å². The van der Waals surface area contributed by atoms with Gasteiger partial charge in [0.15, 0.2) is 0 Å². The molecular formula is C17H20N6O. The van der Waals surface area contributed by atoms with E-state index in [1.54, 1.807) is 11.0 Å². The summed E-state index contributed by atoms with van der Waals surface area (Å²) in [6, 6.07) is 9.81. The van der Waals surface area contributed by atoms with Crippen molar-refractivity contribution in [1.29, 1.82) is 5.26 Å². The van der Waals surface area contributed by atoms with Gasteiger partial charge in [0.05, 0.1) is 18.2 Å². The lowest BCUT2D eigenvalue weighted by atomic mass is 10.1. The van der Waals surface area contributed by atoms with Crippen LogP contribution in [0.5, 0.6) is 0 Å². The van der Waals surface area contributed by atoms with E-state index in [1.807, 2.05) is 29.2 Å². The number of hydrogen-bond donors (Lipinski definition) is 0. The Morgan fingerprint density at radius 3 is 2.54 bits per heavy atom. The number of nitrogens with zero attached hydrogens (tertiary/aromatic N) is 6. The van der Waals surface area contributed by atoms with Crippen molar-refractivity contribution in [1.82, 2.24) is 24.6 Å². The molecule has 124 valence electrons. The van der Waals surface area contributed by atoms with Crippen LogP contribution >= 0.6 is 0 Å². The van der Waals surface area contributed by atoms with Gasteiger partial charge in [0, 0.05) is 39.1 Å². The molecule has 2 heterocycles. The van der Waals surface area contributed by atoms with Gasteiger partial charge in [0.25, 0.3) is 0 Å². The Morgan fingerprint density at radius 2 is 1.92 bits per heavy atom. The van der Waals surface area contributed by atoms with Crippen molar-refractivity contribution in [2.75, 3.05) is 26.2 Å². The molecule has 0 atom stereocenters. The Hall–Kier alpha value is -2.72. The normalized spacial score (nSPS) is 15.2. The summed E-state index contributed by atoms with van der Waals surface area (Å²) >= 11 is 0. The lowest BCUT2D eigenvalue weighted by Gasteiger charge is -2.34. The van der Waals surface area contributed by atoms with Gasteiger partial charge < -0.3 is 4.90 Å². The monoisotopic (exact) mass is 324 g/mol. The molecule has 24 heavy (non-hydrogen) atoms. The number of piperazine rings is 1. The predicted octanol–water partition coefficient (Wildman–Crippen LogP) is 0.884. The zero-order chi connectivity index (χ0) is 16.8. The zero-order valence-electron chi connectivity index (χ0n) is 13.5. The molecule has 1 fully saturated rings. The van der Waals surface area contributed by atoms with Crippen LogP contribution in [0.15, 0.2) is 36.9 Å². The van der Waals surface area contributed by atoms with E-state index in [-0.39, 0.29) is 5.91 Å². The minimum atomic E-state index is 0.170. The zero-order valence-corrected chi connectivity index (χ0v) is 13.5. The molecule has 1 aromatic heterocycles. The molecule has 0 N–H and O–H groups in total. The fourth-order valence-corrected chi connectivity index (χ4v) is 2.81. The Morgan fingerprint density at radius 1 is 1.17 bits per heavy atom. The lowest BCUT2D eigenvalue weighted by molar-refractivity contribution is -0.133. The number of carbonyl (C=O) groups excluding carboxylic acids is 1. The molecule has 0 spiro atoms. The molecule has 1 saturated heterocycles. The number of benzene rings is 1. The quantitative estimate of drug-likeness (QED) is 0.816. The first kappa shape index (κ1) is 16.1. The summed E-state index contributed by atoms with van der Waals surface area (Å²) in [4.78, 5) is 20.4. The van der Waals surface area contributed by atoms with Crippen molar-refractivity contribution < 1.29 is 4.79 Å². The number of aryl methyl sites for hydroxylation is 1. The van der Waals surface area contributed by atoms with Crippen molar-refractivity contribution >= 4 is 5.91 Å². The molecule has 1 aliphatic heterocycles. The molecule has 0 aliphatic carbocycles. The first-order chi connectivity index (χ1) is 11.7. The third kappa shape index (κ3) is 4.18. The van der Waals surface area contributed by atoms with Gasteiger partial charge >= 0.3 is 0 Å². The van der Waals surface area contributed by atoms with Crippen LogP contribution in [-0.4, -0.2) is 56.7 Å². The van der Waals surface area contributed by atoms with Crippen LogP contribution in [-0.2, 0) is 17.9 Å². The van der Waals surface area contributed by atoms with Gasteiger partial charge in [0.1, 0.15) is 12.7 Å². The van der Waals surface area contributed by atoms with Gasteiger partial charge in [-0.05, 0) is 17.7 Å². The van der Waals surface area contributed by atoms with Gasteiger partial charge in [-0.15, -0.1) is 0 Å². The smallest absolute Gasteiger partial charge is 0.224 e. The summed E-state index contributed by atoms with van der Waals surface area (Å²) < 4.78 is 1.68. The Kier molecular flexibility index (Phi) is 5.18. The van der Waals surface area contributed by atoms with Crippen LogP contribution < -0.4 is 0 Å². The van der Waals surface area contributed by atoms with E-state index >= 15 is 0 Å². The molecular weight excluding hydrogens is 304 g/mol. The van der Waals surface area contributed by atoms with Crippen LogP contribution in [0, 0.1) is 11.3 Å². The summed E-state index contributed by atoms with van der Waals surface area (Å²) in [7, 11) is 0. The van der Waals surface area contributed by atoms with Crippen LogP contribution in [0.3, 0.4) is 0 Å². The lowest BCUT2D eigenvalue weighted by Crippen LogP contribution is -2.48. The SMILES string of the molecule is N#Cc1ccc(CN2CCN(C(=O)CCn3cncn3)CC2)cc1. The topological polar surface area (TPSA) is 78.0 Å². The number of rotatable bonds is 5. The molecule has 1 aliphatic rings. The second-order valence-electron chi connectivity index (χ2n) is 5.87. The molecule has 2 aromatic rings. The molecule has 7 heteroatoms. The van der Waals surface area contributed by atoms with Crippen molar-refractivity contribution in [2.24, 2.45) is 0 Å². The largest absolute Gasteiger partial charge is 0.340 e. The minimum Gasteiger partial charge on any atom is -0.340 e. The average Bonchev–Trinajstić information content (AvgIpc) is 3.14. The summed E-state index contributed by atoms with van der Waals surface area (Å²) in [6.07, 6.45) is 3.56. The highest BCUT2D eigenvalue weighted by atomic mass is 16.2. The van der Waals surface area contributed by atoms with E-state index in [0.29, 0.717) is 18.5 Å². The van der Waals surface area contributed by atoms with E-state index < -0.39 is 0 Å². The summed E-state index contributed by atoms with van der Waals surface area (Å²) in [5.74, 6) is 0.170. The van der Waals surface area contributed by atoms with Crippen molar-refractivity contribution in [3.63, 3.8) is 0 Å². The van der Waals surface area contributed by atoms with E-state index in [4.69, 9.17) is 5.26 Å². The third-order valence-corrected chi connectivity index (χ3v) is 4.24. The maximum absolute atomic E-state index is 12.2. The van der Waals surface area contributed by atoms with E-state index in [0.717, 1.165) is 32.7 Å². The fraction of sp³-hybridized carbons (Fsp3) is 0.412. The molecule has 7 nitrogen and oxygen atoms in total. The van der Waals surface area contributed by atoms with Crippen molar-refractivity contribution in [3.05, 3.63) is 48.0 Å². The van der Waals surface area contributed by atoms with Crippen LogP contribution in [0.2, 0.25) is 0 Å². The molecule has 0 radical (unpaired) electrons. The van der Waals surface area contributed by atoms with E-state index in [9.17, 15) is 4.79 Å². The minimum absolute atomic E-state index is 0.170. The first-order valence-electron chi connectivity index (χ1n) is 8.06. The Balaban J connectivity index is 1.43. The summed E-state index contributed by atoms with van der Waals surface area (Å²) in [5, 5.41) is 12.8. The third-order valence-electron chi connectivity index (χ3n) is 4.24. The van der Waals surface area contributed by atoms with Crippen molar-refractivity contribution in [2.45, 2.75) is 19.5 Å². The molecule has 0 saturated carbocycles. The van der Waals surface area contributed by atoms with Gasteiger partial charge in [-0.3, -0.25) is 14.4 Å². The Bertz CT molecular complexity index is 696. The second-order valence-corrected chi connectivity index (χ2v) is 5.87. The number of hydrogen-bond acceptors (Lipinski definition) is 5. The summed E-state index contributed by atoms with van der Waals surface area (Å²) in [5.41, 5.74) is 1.88. The molecule has 1 amide bonds. The number of carbonyl (C=O) groups is 1. The van der Waals surface area contributed by atoms with Gasteiger partial charge in [-0.1, -0.05) is 12.1 Å². The van der Waals surface area contributed by atoms with Gasteiger partial charge in [0.2, 0.25) is 5.91 Å². The average molecular weight is 324 g/mol. The second kappa shape index (κ2) is 7.70. The Labute approximate surface area is 141 Å². The maximum atomic E-state index is 12.2. The highest BCUT2D eigenvalue weighted by Gasteiger charge is 2.20. The number of aromatic nitrogens is 3. The van der Waals surface area contributed by atoms with Crippen LogP contribution in [0.25, 0.3) is 0 Å². The highest BCUT2D eigenvalue weighted by molar-refractivity contribution is 5.76. The maximum Gasteiger partial charge on any atom is 0.224 e. The van der Waals surface area contributed by atoms with Gasteiger partial charge in [-0.25, -0.2) is 4.98 Å². The van der Waals surface area contributed by atoms with Gasteiger partial charge in [-0.2, -0.15) is 10.4 Å². The fourth-order valence-electron chi connectivity index (χ4n) is 2.81. The highest BCUT2D eigenvalue weighted by Crippen LogP contribution is 2.10. The van der Waals surface area contributed by atoms with E-state index in [1.165, 1.54) is 11.9 Å². The molecule has 3 rings (SSSR count). The predicted molar refractivity (Wildman–Crippen MR) is 87.7 cm³/mol. The number of nitriles is 1. The van der Waals surface area contributed by atoms with Crippen molar-refractivity contribution in [3.8, 4) is 6.07 Å². The van der Waals surface area contributed by atoms with Crippen LogP contribution in [0.4, 0.5) is 0 Å². The first-order valence-corrected chi connectivity index (χ1v) is 8.06. The standard InChI is InChI=1S/C17H20N6O/c18-11-15-1-3-16(4-2-15)12-21-7-9-22(10-8-21)17(24)5-6-23-14-19-13-20-23/h1-4,13-14H,5-10,12H2. The molecule has 0 unspecified atom stereocenters. The summed E-state index contributed by atoms with van der Waals surface area (Å²) in [6.45, 7) is 4.68. The molecule has 0 bridgehead atoms. The number of amides is 1. The molecule has 1 aromatic carbocycles.